The van der Waals surface area contributed by atoms with Gasteiger partial charge >= 0.3 is 5.69 Å². The van der Waals surface area contributed by atoms with Crippen molar-refractivity contribution in [3.8, 4) is 11.3 Å². The molecule has 1 aliphatic carbocycles. The molecule has 0 atom stereocenters. The molecule has 33 heavy (non-hydrogen) atoms. The zero-order chi connectivity index (χ0) is 23.1. The van der Waals surface area contributed by atoms with Crippen molar-refractivity contribution in [1.29, 1.82) is 0 Å². The Morgan fingerprint density at radius 2 is 1.64 bits per heavy atom. The number of halogens is 1. The molecule has 3 heterocycles. The van der Waals surface area contributed by atoms with Gasteiger partial charge in [0.25, 0.3) is 5.91 Å². The van der Waals surface area contributed by atoms with E-state index in [1.54, 1.807) is 37.0 Å². The summed E-state index contributed by atoms with van der Waals surface area (Å²) in [6, 6.07) is 8.11. The van der Waals surface area contributed by atoms with Gasteiger partial charge in [0, 0.05) is 44.7 Å². The van der Waals surface area contributed by atoms with Crippen LogP contribution >= 0.6 is 0 Å². The minimum atomic E-state index is -0.305. The van der Waals surface area contributed by atoms with Gasteiger partial charge < -0.3 is 4.90 Å². The second-order valence-electron chi connectivity index (χ2n) is 9.18. The fourth-order valence-electron chi connectivity index (χ4n) is 5.21. The fraction of sp³-hybridized carbons (Fsp3) is 0.500. The molecule has 1 aliphatic heterocycles. The number of aromatic nitrogens is 5. The molecule has 2 aliphatic rings. The van der Waals surface area contributed by atoms with Gasteiger partial charge in [0.05, 0.1) is 5.69 Å². The van der Waals surface area contributed by atoms with Crippen LogP contribution in [0.4, 0.5) is 4.39 Å². The predicted octanol–water partition coefficient (Wildman–Crippen LogP) is 3.26. The molecular formula is C24H29FN6O2. The fourth-order valence-corrected chi connectivity index (χ4v) is 5.21. The SMILES string of the molecule is Cn1nc(-c2ccc(F)cc2)cc1C(=O)N1CCC(c2nn(C)c(=O)n2C2CCCC2)CC1. The predicted molar refractivity (Wildman–Crippen MR) is 121 cm³/mol. The van der Waals surface area contributed by atoms with Crippen LogP contribution in [0.2, 0.25) is 0 Å². The number of amides is 1. The molecule has 2 aromatic heterocycles. The van der Waals surface area contributed by atoms with Crippen LogP contribution in [0.15, 0.2) is 35.1 Å². The average molecular weight is 453 g/mol. The second-order valence-corrected chi connectivity index (χ2v) is 9.18. The Morgan fingerprint density at radius 3 is 2.30 bits per heavy atom. The van der Waals surface area contributed by atoms with Gasteiger partial charge in [0.15, 0.2) is 0 Å². The smallest absolute Gasteiger partial charge is 0.337 e. The number of nitrogens with zero attached hydrogens (tertiary/aromatic N) is 6. The third kappa shape index (κ3) is 4.00. The van der Waals surface area contributed by atoms with Gasteiger partial charge in [-0.2, -0.15) is 10.2 Å². The third-order valence-electron chi connectivity index (χ3n) is 7.06. The molecule has 174 valence electrons. The molecule has 0 N–H and O–H groups in total. The molecule has 5 rings (SSSR count). The van der Waals surface area contributed by atoms with E-state index in [2.05, 4.69) is 10.2 Å². The summed E-state index contributed by atoms with van der Waals surface area (Å²) >= 11 is 0. The molecule has 0 radical (unpaired) electrons. The number of carbonyl (C=O) groups excluding carboxylic acids is 1. The number of carbonyl (C=O) groups is 1. The van der Waals surface area contributed by atoms with Crippen molar-refractivity contribution in [3.05, 3.63) is 58.2 Å². The van der Waals surface area contributed by atoms with E-state index < -0.39 is 0 Å². The lowest BCUT2D eigenvalue weighted by atomic mass is 9.95. The maximum absolute atomic E-state index is 13.2. The van der Waals surface area contributed by atoms with Crippen molar-refractivity contribution >= 4 is 5.91 Å². The van der Waals surface area contributed by atoms with E-state index in [-0.39, 0.29) is 29.4 Å². The Bertz CT molecular complexity index is 1210. The van der Waals surface area contributed by atoms with Crippen LogP contribution in [0.3, 0.4) is 0 Å². The van der Waals surface area contributed by atoms with Crippen molar-refractivity contribution in [2.24, 2.45) is 14.1 Å². The standard InChI is InChI=1S/C24H29FN6O2/c1-28-21(15-20(26-28)16-7-9-18(25)10-8-16)23(32)30-13-11-17(12-14-30)22-27-29(2)24(33)31(22)19-5-3-4-6-19/h7-10,15,17,19H,3-6,11-14H2,1-2H3. The van der Waals surface area contributed by atoms with Gasteiger partial charge in [-0.3, -0.25) is 14.0 Å². The maximum Gasteiger partial charge on any atom is 0.345 e. The summed E-state index contributed by atoms with van der Waals surface area (Å²) in [5.74, 6) is 0.677. The molecule has 2 fully saturated rings. The number of piperidine rings is 1. The van der Waals surface area contributed by atoms with E-state index in [0.29, 0.717) is 24.5 Å². The highest BCUT2D eigenvalue weighted by atomic mass is 19.1. The summed E-state index contributed by atoms with van der Waals surface area (Å²) in [6.07, 6.45) is 5.93. The number of hydrogen-bond donors (Lipinski definition) is 0. The molecule has 1 saturated heterocycles. The summed E-state index contributed by atoms with van der Waals surface area (Å²) in [5, 5.41) is 9.04. The Kier molecular flexibility index (Phi) is 5.64. The quantitative estimate of drug-likeness (QED) is 0.609. The van der Waals surface area contributed by atoms with Crippen LogP contribution < -0.4 is 5.69 Å². The first-order chi connectivity index (χ1) is 15.9. The van der Waals surface area contributed by atoms with Gasteiger partial charge in [0.2, 0.25) is 0 Å². The van der Waals surface area contributed by atoms with Crippen molar-refractivity contribution in [3.63, 3.8) is 0 Å². The van der Waals surface area contributed by atoms with E-state index in [0.717, 1.165) is 49.9 Å². The lowest BCUT2D eigenvalue weighted by Gasteiger charge is -2.32. The molecule has 0 spiro atoms. The first-order valence-corrected chi connectivity index (χ1v) is 11.7. The third-order valence-corrected chi connectivity index (χ3v) is 7.06. The summed E-state index contributed by atoms with van der Waals surface area (Å²) in [4.78, 5) is 27.8. The molecule has 0 bridgehead atoms. The van der Waals surface area contributed by atoms with Crippen LogP contribution in [-0.2, 0) is 14.1 Å². The summed E-state index contributed by atoms with van der Waals surface area (Å²) in [7, 11) is 3.47. The van der Waals surface area contributed by atoms with Gasteiger partial charge in [-0.25, -0.2) is 13.9 Å². The molecule has 0 unspecified atom stereocenters. The van der Waals surface area contributed by atoms with E-state index >= 15 is 0 Å². The molecule has 1 amide bonds. The highest BCUT2D eigenvalue weighted by Gasteiger charge is 2.32. The van der Waals surface area contributed by atoms with E-state index in [1.807, 2.05) is 9.47 Å². The number of benzene rings is 1. The Morgan fingerprint density at radius 1 is 0.970 bits per heavy atom. The van der Waals surface area contributed by atoms with Crippen LogP contribution in [-0.4, -0.2) is 48.0 Å². The van der Waals surface area contributed by atoms with E-state index in [9.17, 15) is 14.0 Å². The minimum absolute atomic E-state index is 0.0291. The van der Waals surface area contributed by atoms with E-state index in [1.165, 1.54) is 16.8 Å². The summed E-state index contributed by atoms with van der Waals surface area (Å²) < 4.78 is 18.2. The number of likely N-dealkylation sites (tertiary alicyclic amines) is 1. The van der Waals surface area contributed by atoms with Gasteiger partial charge in [0.1, 0.15) is 17.3 Å². The topological polar surface area (TPSA) is 78.0 Å². The highest BCUT2D eigenvalue weighted by molar-refractivity contribution is 5.93. The Balaban J connectivity index is 1.30. The molecule has 1 aromatic carbocycles. The van der Waals surface area contributed by atoms with Gasteiger partial charge in [-0.1, -0.05) is 12.8 Å². The molecule has 8 nitrogen and oxygen atoms in total. The number of rotatable bonds is 4. The monoisotopic (exact) mass is 452 g/mol. The Labute approximate surface area is 191 Å². The van der Waals surface area contributed by atoms with Crippen molar-refractivity contribution in [1.82, 2.24) is 29.0 Å². The molecule has 3 aromatic rings. The second kappa shape index (κ2) is 8.61. The Hall–Kier alpha value is -3.23. The lowest BCUT2D eigenvalue weighted by Crippen LogP contribution is -2.39. The number of hydrogen-bond acceptors (Lipinski definition) is 4. The van der Waals surface area contributed by atoms with Crippen molar-refractivity contribution in [2.45, 2.75) is 50.5 Å². The first-order valence-electron chi connectivity index (χ1n) is 11.7. The van der Waals surface area contributed by atoms with Crippen LogP contribution in [0.1, 0.15) is 66.8 Å². The van der Waals surface area contributed by atoms with Crippen LogP contribution in [0.25, 0.3) is 11.3 Å². The van der Waals surface area contributed by atoms with Crippen molar-refractivity contribution < 1.29 is 9.18 Å². The normalized spacial score (nSPS) is 17.7. The summed E-state index contributed by atoms with van der Waals surface area (Å²) in [5.41, 5.74) is 1.89. The molecular weight excluding hydrogens is 423 g/mol. The minimum Gasteiger partial charge on any atom is -0.337 e. The first kappa shape index (κ1) is 21.6. The van der Waals surface area contributed by atoms with Gasteiger partial charge in [-0.05, 0) is 56.0 Å². The highest BCUT2D eigenvalue weighted by Crippen LogP contribution is 2.34. The summed E-state index contributed by atoms with van der Waals surface area (Å²) in [6.45, 7) is 1.21. The molecule has 1 saturated carbocycles. The van der Waals surface area contributed by atoms with Crippen molar-refractivity contribution in [2.75, 3.05) is 13.1 Å². The van der Waals surface area contributed by atoms with Crippen LogP contribution in [0, 0.1) is 5.82 Å². The lowest BCUT2D eigenvalue weighted by molar-refractivity contribution is 0.0698. The molecule has 9 heteroatoms. The zero-order valence-corrected chi connectivity index (χ0v) is 19.1. The van der Waals surface area contributed by atoms with Gasteiger partial charge in [-0.15, -0.1) is 0 Å². The van der Waals surface area contributed by atoms with Crippen LogP contribution in [0.5, 0.6) is 0 Å². The number of aryl methyl sites for hydroxylation is 2. The maximum atomic E-state index is 13.2. The largest absolute Gasteiger partial charge is 0.345 e. The average Bonchev–Trinajstić information content (AvgIpc) is 3.54. The van der Waals surface area contributed by atoms with E-state index in [4.69, 9.17) is 0 Å². The zero-order valence-electron chi connectivity index (χ0n) is 19.1.